The molecule has 0 radical (unpaired) electrons. The summed E-state index contributed by atoms with van der Waals surface area (Å²) in [7, 11) is 0. The summed E-state index contributed by atoms with van der Waals surface area (Å²) < 4.78 is 5.77. The summed E-state index contributed by atoms with van der Waals surface area (Å²) >= 11 is 0. The van der Waals surface area contributed by atoms with Gasteiger partial charge in [-0.3, -0.25) is 4.90 Å². The molecule has 1 aliphatic rings. The van der Waals surface area contributed by atoms with Crippen LogP contribution in [0.3, 0.4) is 0 Å². The van der Waals surface area contributed by atoms with Crippen LogP contribution in [0.4, 0.5) is 0 Å². The highest BCUT2D eigenvalue weighted by Crippen LogP contribution is 2.32. The molecule has 1 aromatic carbocycles. The van der Waals surface area contributed by atoms with E-state index in [2.05, 4.69) is 33.1 Å². The topological polar surface area (TPSA) is 38.2 Å². The van der Waals surface area contributed by atoms with Crippen molar-refractivity contribution in [2.45, 2.75) is 38.8 Å². The number of hydrogen-bond donors (Lipinski definition) is 0. The minimum atomic E-state index is 0.381. The second-order valence-electron chi connectivity index (χ2n) is 5.66. The molecule has 116 valence electrons. The van der Waals surface area contributed by atoms with Crippen molar-refractivity contribution < 1.29 is 4.74 Å². The fourth-order valence-corrected chi connectivity index (χ4v) is 3.16. The Morgan fingerprint density at radius 2 is 2.14 bits per heavy atom. The van der Waals surface area contributed by atoms with Gasteiger partial charge in [0.05, 0.1) is 18.3 Å². The maximum Gasteiger partial charge on any atom is 0.123 e. The Morgan fingerprint density at radius 3 is 2.95 bits per heavy atom. The van der Waals surface area contributed by atoms with E-state index in [4.69, 9.17) is 4.74 Å². The van der Waals surface area contributed by atoms with E-state index in [1.165, 1.54) is 18.4 Å². The molecule has 4 heteroatoms. The molecule has 22 heavy (non-hydrogen) atoms. The summed E-state index contributed by atoms with van der Waals surface area (Å²) in [5, 5.41) is 0. The molecular weight excluding hydrogens is 274 g/mol. The molecule has 1 saturated heterocycles. The highest BCUT2D eigenvalue weighted by atomic mass is 16.5. The molecule has 1 atom stereocenters. The van der Waals surface area contributed by atoms with E-state index in [1.54, 1.807) is 6.33 Å². The fourth-order valence-electron chi connectivity index (χ4n) is 3.16. The average Bonchev–Trinajstić information content (AvgIpc) is 2.58. The van der Waals surface area contributed by atoms with Gasteiger partial charge in [0.2, 0.25) is 0 Å². The first-order chi connectivity index (χ1) is 10.9. The Hall–Kier alpha value is -1.94. The predicted molar refractivity (Wildman–Crippen MR) is 86.6 cm³/mol. The van der Waals surface area contributed by atoms with Crippen molar-refractivity contribution in [2.75, 3.05) is 13.2 Å². The van der Waals surface area contributed by atoms with Gasteiger partial charge in [0, 0.05) is 18.3 Å². The smallest absolute Gasteiger partial charge is 0.123 e. The van der Waals surface area contributed by atoms with Crippen molar-refractivity contribution in [3.63, 3.8) is 0 Å². The molecule has 0 amide bonds. The third kappa shape index (κ3) is 3.45. The number of benzene rings is 1. The summed E-state index contributed by atoms with van der Waals surface area (Å²) in [5.74, 6) is 0.997. The van der Waals surface area contributed by atoms with Crippen molar-refractivity contribution in [2.24, 2.45) is 0 Å². The zero-order valence-electron chi connectivity index (χ0n) is 13.1. The molecule has 1 fully saturated rings. The monoisotopic (exact) mass is 297 g/mol. The van der Waals surface area contributed by atoms with Gasteiger partial charge < -0.3 is 4.74 Å². The summed E-state index contributed by atoms with van der Waals surface area (Å²) in [6, 6.07) is 10.8. The van der Waals surface area contributed by atoms with Crippen molar-refractivity contribution in [1.29, 1.82) is 0 Å². The molecule has 1 aliphatic heterocycles. The van der Waals surface area contributed by atoms with Gasteiger partial charge in [-0.25, -0.2) is 9.97 Å². The number of aromatic nitrogens is 2. The summed E-state index contributed by atoms with van der Waals surface area (Å²) in [5.41, 5.74) is 2.38. The van der Waals surface area contributed by atoms with Crippen molar-refractivity contribution >= 4 is 0 Å². The zero-order chi connectivity index (χ0) is 15.2. The second-order valence-corrected chi connectivity index (χ2v) is 5.66. The van der Waals surface area contributed by atoms with E-state index in [1.807, 2.05) is 25.3 Å². The third-order valence-corrected chi connectivity index (χ3v) is 4.21. The van der Waals surface area contributed by atoms with Crippen LogP contribution < -0.4 is 4.74 Å². The number of para-hydroxylation sites is 1. The van der Waals surface area contributed by atoms with Crippen molar-refractivity contribution in [1.82, 2.24) is 14.9 Å². The van der Waals surface area contributed by atoms with Gasteiger partial charge in [0.25, 0.3) is 0 Å². The van der Waals surface area contributed by atoms with Gasteiger partial charge >= 0.3 is 0 Å². The van der Waals surface area contributed by atoms with Crippen LogP contribution in [0.1, 0.15) is 43.5 Å². The van der Waals surface area contributed by atoms with Gasteiger partial charge in [0.15, 0.2) is 0 Å². The SMILES string of the molecule is CCOc1ccccc1CN1CCCCC1c1ccncn1. The van der Waals surface area contributed by atoms with Gasteiger partial charge in [-0.2, -0.15) is 0 Å². The van der Waals surface area contributed by atoms with Crippen LogP contribution in [0.2, 0.25) is 0 Å². The standard InChI is InChI=1S/C18H23N3O/c1-2-22-18-9-4-3-7-15(18)13-21-12-6-5-8-17(21)16-10-11-19-14-20-16/h3-4,7,9-11,14,17H,2,5-6,8,12-13H2,1H3. The van der Waals surface area contributed by atoms with E-state index < -0.39 is 0 Å². The molecule has 4 nitrogen and oxygen atoms in total. The van der Waals surface area contributed by atoms with Crippen LogP contribution in [0, 0.1) is 0 Å². The van der Waals surface area contributed by atoms with Crippen molar-refractivity contribution in [3.8, 4) is 5.75 Å². The Balaban J connectivity index is 1.80. The van der Waals surface area contributed by atoms with Crippen LogP contribution in [-0.4, -0.2) is 28.0 Å². The van der Waals surface area contributed by atoms with Gasteiger partial charge in [0.1, 0.15) is 12.1 Å². The van der Waals surface area contributed by atoms with Gasteiger partial charge in [-0.15, -0.1) is 0 Å². The number of rotatable bonds is 5. The first-order valence-electron chi connectivity index (χ1n) is 8.09. The Labute approximate surface area is 132 Å². The highest BCUT2D eigenvalue weighted by Gasteiger charge is 2.25. The normalized spacial score (nSPS) is 19.0. The lowest BCUT2D eigenvalue weighted by Gasteiger charge is -2.35. The highest BCUT2D eigenvalue weighted by molar-refractivity contribution is 5.33. The second kappa shape index (κ2) is 7.36. The molecule has 0 saturated carbocycles. The minimum absolute atomic E-state index is 0.381. The summed E-state index contributed by atoms with van der Waals surface area (Å²) in [4.78, 5) is 11.0. The van der Waals surface area contributed by atoms with E-state index in [0.717, 1.165) is 31.0 Å². The minimum Gasteiger partial charge on any atom is -0.494 e. The molecule has 0 bridgehead atoms. The van der Waals surface area contributed by atoms with Crippen LogP contribution >= 0.6 is 0 Å². The summed E-state index contributed by atoms with van der Waals surface area (Å²) in [6.45, 7) is 4.74. The predicted octanol–water partition coefficient (Wildman–Crippen LogP) is 3.60. The Bertz CT molecular complexity index is 588. The van der Waals surface area contributed by atoms with Crippen LogP contribution in [0.25, 0.3) is 0 Å². The number of hydrogen-bond acceptors (Lipinski definition) is 4. The molecule has 2 heterocycles. The van der Waals surface area contributed by atoms with E-state index in [0.29, 0.717) is 12.6 Å². The molecule has 0 spiro atoms. The maximum atomic E-state index is 5.77. The molecule has 1 unspecified atom stereocenters. The number of likely N-dealkylation sites (tertiary alicyclic amines) is 1. The summed E-state index contributed by atoms with van der Waals surface area (Å²) in [6.07, 6.45) is 7.16. The van der Waals surface area contributed by atoms with E-state index in [9.17, 15) is 0 Å². The van der Waals surface area contributed by atoms with Crippen LogP contribution in [0.5, 0.6) is 5.75 Å². The molecule has 1 aromatic heterocycles. The largest absolute Gasteiger partial charge is 0.494 e. The molecule has 2 aromatic rings. The first-order valence-corrected chi connectivity index (χ1v) is 8.09. The third-order valence-electron chi connectivity index (χ3n) is 4.21. The lowest BCUT2D eigenvalue weighted by molar-refractivity contribution is 0.135. The molecule has 0 aliphatic carbocycles. The quantitative estimate of drug-likeness (QED) is 0.845. The van der Waals surface area contributed by atoms with Crippen LogP contribution in [-0.2, 0) is 6.54 Å². The fraction of sp³-hybridized carbons (Fsp3) is 0.444. The van der Waals surface area contributed by atoms with Crippen molar-refractivity contribution in [3.05, 3.63) is 54.1 Å². The van der Waals surface area contributed by atoms with Crippen LogP contribution in [0.15, 0.2) is 42.9 Å². The van der Waals surface area contributed by atoms with Gasteiger partial charge in [-0.05, 0) is 38.4 Å². The molecular formula is C18H23N3O. The van der Waals surface area contributed by atoms with E-state index in [-0.39, 0.29) is 0 Å². The molecule has 0 N–H and O–H groups in total. The number of ether oxygens (including phenoxy) is 1. The Kier molecular flexibility index (Phi) is 5.01. The molecule has 3 rings (SSSR count). The first kappa shape index (κ1) is 15.0. The zero-order valence-corrected chi connectivity index (χ0v) is 13.1. The van der Waals surface area contributed by atoms with Gasteiger partial charge in [-0.1, -0.05) is 24.6 Å². The number of piperidine rings is 1. The van der Waals surface area contributed by atoms with E-state index >= 15 is 0 Å². The average molecular weight is 297 g/mol. The lowest BCUT2D eigenvalue weighted by Crippen LogP contribution is -2.33. The maximum absolute atomic E-state index is 5.77. The Morgan fingerprint density at radius 1 is 1.23 bits per heavy atom. The number of nitrogens with zero attached hydrogens (tertiary/aromatic N) is 3. The lowest BCUT2D eigenvalue weighted by atomic mass is 9.98.